The van der Waals surface area contributed by atoms with Gasteiger partial charge in [-0.3, -0.25) is 19.4 Å². The second kappa shape index (κ2) is 6.99. The Labute approximate surface area is 170 Å². The van der Waals surface area contributed by atoms with Gasteiger partial charge in [0, 0.05) is 43.5 Å². The molecule has 5 rings (SSSR count). The Kier molecular flexibility index (Phi) is 4.42. The number of furan rings is 1. The predicted octanol–water partition coefficient (Wildman–Crippen LogP) is 2.90. The van der Waals surface area contributed by atoms with Gasteiger partial charge in [-0.1, -0.05) is 0 Å². The Morgan fingerprint density at radius 2 is 2.21 bits per heavy atom. The van der Waals surface area contributed by atoms with E-state index >= 15 is 0 Å². The number of fused-ring (bicyclic) bond motifs is 1. The number of piperidine rings is 1. The largest absolute Gasteiger partial charge is 0.449 e. The molecule has 1 N–H and O–H groups in total. The maximum atomic E-state index is 12.5. The summed E-state index contributed by atoms with van der Waals surface area (Å²) in [5.74, 6) is 0.817. The zero-order chi connectivity index (χ0) is 20.0. The molecule has 0 bridgehead atoms. The van der Waals surface area contributed by atoms with E-state index in [-0.39, 0.29) is 5.91 Å². The third-order valence-electron chi connectivity index (χ3n) is 6.78. The van der Waals surface area contributed by atoms with Crippen LogP contribution < -0.4 is 5.32 Å². The van der Waals surface area contributed by atoms with Crippen molar-refractivity contribution in [1.29, 1.82) is 0 Å². The van der Waals surface area contributed by atoms with Crippen LogP contribution in [-0.2, 0) is 13.6 Å². The highest BCUT2D eigenvalue weighted by Crippen LogP contribution is 2.59. The van der Waals surface area contributed by atoms with Crippen LogP contribution in [0.15, 0.2) is 35.1 Å². The topological polar surface area (TPSA) is 76.2 Å². The van der Waals surface area contributed by atoms with E-state index in [1.54, 1.807) is 18.5 Å². The molecule has 1 amide bonds. The normalized spacial score (nSPS) is 21.0. The molecule has 7 heteroatoms. The van der Waals surface area contributed by atoms with Gasteiger partial charge in [-0.15, -0.1) is 0 Å². The molecule has 1 spiro atoms. The molecule has 0 aromatic carbocycles. The van der Waals surface area contributed by atoms with Crippen LogP contribution in [0.4, 0.5) is 0 Å². The number of likely N-dealkylation sites (tertiary alicyclic amines) is 1. The molecule has 1 unspecified atom stereocenters. The molecule has 3 aromatic heterocycles. The summed E-state index contributed by atoms with van der Waals surface area (Å²) in [4.78, 5) is 19.0. The summed E-state index contributed by atoms with van der Waals surface area (Å²) in [7, 11) is 1.98. The monoisotopic (exact) mass is 393 g/mol. The SMILES string of the molecule is Cc1nn(C)cc1CN1CCC2(CC1)CC2CNC(=O)c1cc2ccncc2o1. The lowest BCUT2D eigenvalue weighted by molar-refractivity contribution is 0.0921. The molecule has 1 aliphatic heterocycles. The molecule has 152 valence electrons. The van der Waals surface area contributed by atoms with Gasteiger partial charge in [0.15, 0.2) is 11.3 Å². The molecule has 2 fully saturated rings. The highest BCUT2D eigenvalue weighted by Gasteiger charge is 2.54. The van der Waals surface area contributed by atoms with Crippen LogP contribution in [0.1, 0.15) is 41.1 Å². The van der Waals surface area contributed by atoms with Crippen LogP contribution in [0, 0.1) is 18.3 Å². The first kappa shape index (κ1) is 18.4. The number of carbonyl (C=O) groups excluding carboxylic acids is 1. The van der Waals surface area contributed by atoms with Crippen molar-refractivity contribution in [2.45, 2.75) is 32.7 Å². The number of pyridine rings is 1. The summed E-state index contributed by atoms with van der Waals surface area (Å²) in [5, 5.41) is 8.43. The summed E-state index contributed by atoms with van der Waals surface area (Å²) in [6.07, 6.45) is 9.12. The van der Waals surface area contributed by atoms with Crippen LogP contribution >= 0.6 is 0 Å². The molecule has 0 radical (unpaired) electrons. The average molecular weight is 393 g/mol. The van der Waals surface area contributed by atoms with Gasteiger partial charge in [-0.2, -0.15) is 5.10 Å². The van der Waals surface area contributed by atoms with E-state index < -0.39 is 0 Å². The summed E-state index contributed by atoms with van der Waals surface area (Å²) in [6, 6.07) is 3.64. The van der Waals surface area contributed by atoms with E-state index in [4.69, 9.17) is 4.42 Å². The van der Waals surface area contributed by atoms with Crippen molar-refractivity contribution in [2.24, 2.45) is 18.4 Å². The Morgan fingerprint density at radius 3 is 2.93 bits per heavy atom. The van der Waals surface area contributed by atoms with Gasteiger partial charge in [-0.05, 0) is 62.7 Å². The minimum Gasteiger partial charge on any atom is -0.449 e. The van der Waals surface area contributed by atoms with Gasteiger partial charge in [0.1, 0.15) is 0 Å². The number of nitrogens with one attached hydrogen (secondary N) is 1. The maximum absolute atomic E-state index is 12.5. The number of aromatic nitrogens is 3. The zero-order valence-corrected chi connectivity index (χ0v) is 17.0. The second-order valence-corrected chi connectivity index (χ2v) is 8.69. The van der Waals surface area contributed by atoms with Gasteiger partial charge in [0.05, 0.1) is 11.9 Å². The number of carbonyl (C=O) groups is 1. The summed E-state index contributed by atoms with van der Waals surface area (Å²) < 4.78 is 7.51. The smallest absolute Gasteiger partial charge is 0.287 e. The summed E-state index contributed by atoms with van der Waals surface area (Å²) in [6.45, 7) is 6.04. The van der Waals surface area contributed by atoms with Crippen molar-refractivity contribution in [3.63, 3.8) is 0 Å². The van der Waals surface area contributed by atoms with E-state index in [1.807, 2.05) is 17.8 Å². The Balaban J connectivity index is 1.11. The highest BCUT2D eigenvalue weighted by atomic mass is 16.3. The van der Waals surface area contributed by atoms with E-state index in [9.17, 15) is 4.79 Å². The fraction of sp³-hybridized carbons (Fsp3) is 0.500. The minimum atomic E-state index is -0.132. The van der Waals surface area contributed by atoms with Crippen LogP contribution in [0.5, 0.6) is 0 Å². The van der Waals surface area contributed by atoms with Crippen molar-refractivity contribution in [1.82, 2.24) is 25.0 Å². The minimum absolute atomic E-state index is 0.132. The molecule has 1 saturated heterocycles. The van der Waals surface area contributed by atoms with Crippen LogP contribution in [0.25, 0.3) is 11.0 Å². The van der Waals surface area contributed by atoms with Crippen molar-refractivity contribution in [3.05, 3.63) is 47.7 Å². The summed E-state index contributed by atoms with van der Waals surface area (Å²) in [5.41, 5.74) is 3.52. The molecule has 4 heterocycles. The zero-order valence-electron chi connectivity index (χ0n) is 17.0. The fourth-order valence-corrected chi connectivity index (χ4v) is 4.83. The van der Waals surface area contributed by atoms with E-state index in [0.29, 0.717) is 22.7 Å². The first-order valence-electron chi connectivity index (χ1n) is 10.4. The number of aryl methyl sites for hydroxylation is 2. The average Bonchev–Trinajstić information content (AvgIpc) is 3.04. The van der Waals surface area contributed by atoms with Crippen LogP contribution in [0.2, 0.25) is 0 Å². The molecule has 7 nitrogen and oxygen atoms in total. The summed E-state index contributed by atoms with van der Waals surface area (Å²) >= 11 is 0. The standard InChI is InChI=1S/C22H27N5O2/c1-15-17(13-26(2)25-15)14-27-7-4-22(5-8-27)10-18(22)11-24-21(28)19-9-16-3-6-23-12-20(16)29-19/h3,6,9,12-13,18H,4-5,7-8,10-11,14H2,1-2H3,(H,24,28). The molecule has 3 aromatic rings. The quantitative estimate of drug-likeness (QED) is 0.721. The van der Waals surface area contributed by atoms with E-state index in [0.717, 1.165) is 37.3 Å². The maximum Gasteiger partial charge on any atom is 0.287 e. The van der Waals surface area contributed by atoms with Crippen molar-refractivity contribution >= 4 is 16.9 Å². The van der Waals surface area contributed by atoms with E-state index in [2.05, 4.69) is 33.4 Å². The van der Waals surface area contributed by atoms with E-state index in [1.165, 1.54) is 24.8 Å². The lowest BCUT2D eigenvalue weighted by Crippen LogP contribution is -2.36. The predicted molar refractivity (Wildman–Crippen MR) is 109 cm³/mol. The van der Waals surface area contributed by atoms with Crippen LogP contribution in [-0.4, -0.2) is 45.2 Å². The molecular formula is C22H27N5O2. The first-order chi connectivity index (χ1) is 14.0. The molecule has 1 atom stereocenters. The number of hydrogen-bond acceptors (Lipinski definition) is 5. The van der Waals surface area contributed by atoms with Crippen molar-refractivity contribution in [2.75, 3.05) is 19.6 Å². The lowest BCUT2D eigenvalue weighted by Gasteiger charge is -2.33. The number of hydrogen-bond donors (Lipinski definition) is 1. The van der Waals surface area contributed by atoms with Gasteiger partial charge in [0.2, 0.25) is 0 Å². The third-order valence-corrected chi connectivity index (χ3v) is 6.78. The number of amides is 1. The first-order valence-corrected chi connectivity index (χ1v) is 10.4. The van der Waals surface area contributed by atoms with Crippen LogP contribution in [0.3, 0.4) is 0 Å². The van der Waals surface area contributed by atoms with Crippen molar-refractivity contribution in [3.8, 4) is 0 Å². The second-order valence-electron chi connectivity index (χ2n) is 8.69. The third kappa shape index (κ3) is 3.55. The van der Waals surface area contributed by atoms with Gasteiger partial charge in [0.25, 0.3) is 5.91 Å². The Bertz CT molecular complexity index is 1010. The highest BCUT2D eigenvalue weighted by molar-refractivity contribution is 5.95. The number of rotatable bonds is 5. The Hall–Kier alpha value is -2.67. The fourth-order valence-electron chi connectivity index (χ4n) is 4.83. The molecule has 1 saturated carbocycles. The number of nitrogens with zero attached hydrogens (tertiary/aromatic N) is 4. The molecule has 1 aliphatic carbocycles. The van der Waals surface area contributed by atoms with Crippen molar-refractivity contribution < 1.29 is 9.21 Å². The molecule has 2 aliphatic rings. The lowest BCUT2D eigenvalue weighted by atomic mass is 9.90. The van der Waals surface area contributed by atoms with Gasteiger partial charge in [-0.25, -0.2) is 0 Å². The van der Waals surface area contributed by atoms with Gasteiger partial charge >= 0.3 is 0 Å². The van der Waals surface area contributed by atoms with Gasteiger partial charge < -0.3 is 9.73 Å². The molecule has 29 heavy (non-hydrogen) atoms. The Morgan fingerprint density at radius 1 is 1.38 bits per heavy atom. The molecular weight excluding hydrogens is 366 g/mol.